The summed E-state index contributed by atoms with van der Waals surface area (Å²) in [7, 11) is 0. The van der Waals surface area contributed by atoms with Gasteiger partial charge in [0.2, 0.25) is 5.91 Å². The number of aliphatic hydroxyl groups is 1. The maximum atomic E-state index is 11.5. The lowest BCUT2D eigenvalue weighted by molar-refractivity contribution is -0.115. The Hall–Kier alpha value is -1.39. The van der Waals surface area contributed by atoms with Crippen LogP contribution in [0.2, 0.25) is 0 Å². The van der Waals surface area contributed by atoms with Crippen molar-refractivity contribution in [3.63, 3.8) is 0 Å². The summed E-state index contributed by atoms with van der Waals surface area (Å²) in [4.78, 5) is 11.5. The third kappa shape index (κ3) is 4.00. The molecule has 0 unspecified atom stereocenters. The van der Waals surface area contributed by atoms with Crippen LogP contribution in [0.25, 0.3) is 0 Å². The summed E-state index contributed by atoms with van der Waals surface area (Å²) in [5.74, 6) is -0.0886. The van der Waals surface area contributed by atoms with E-state index >= 15 is 0 Å². The lowest BCUT2D eigenvalue weighted by Gasteiger charge is -2.09. The number of rotatable bonds is 6. The molecule has 0 spiro atoms. The number of para-hydroxylation sites is 1. The first-order valence-corrected chi connectivity index (χ1v) is 5.47. The molecule has 0 aliphatic carbocycles. The van der Waals surface area contributed by atoms with Crippen molar-refractivity contribution in [3.8, 4) is 0 Å². The highest BCUT2D eigenvalue weighted by Gasteiger charge is 2.04. The fraction of sp³-hybridized carbons (Fsp3) is 0.417. The molecule has 0 aromatic heterocycles. The molecule has 1 aromatic carbocycles. The highest BCUT2D eigenvalue weighted by molar-refractivity contribution is 5.92. The molecule has 0 heterocycles. The molecule has 0 bridgehead atoms. The second-order valence-corrected chi connectivity index (χ2v) is 3.46. The van der Waals surface area contributed by atoms with E-state index in [1.54, 1.807) is 0 Å². The van der Waals surface area contributed by atoms with Crippen LogP contribution in [-0.2, 0) is 11.2 Å². The Morgan fingerprint density at radius 1 is 1.38 bits per heavy atom. The molecular formula is C12H18N2O2. The average Bonchev–Trinajstić information content (AvgIpc) is 2.30. The third-order valence-electron chi connectivity index (χ3n) is 2.25. The van der Waals surface area contributed by atoms with Crippen LogP contribution >= 0.6 is 0 Å². The van der Waals surface area contributed by atoms with E-state index in [9.17, 15) is 4.79 Å². The fourth-order valence-electron chi connectivity index (χ4n) is 1.43. The first kappa shape index (κ1) is 12.7. The van der Waals surface area contributed by atoms with Gasteiger partial charge in [-0.05, 0) is 18.1 Å². The number of amides is 1. The highest BCUT2D eigenvalue weighted by atomic mass is 16.3. The van der Waals surface area contributed by atoms with Crippen LogP contribution in [0.3, 0.4) is 0 Å². The molecule has 16 heavy (non-hydrogen) atoms. The molecule has 0 atom stereocenters. The zero-order valence-electron chi connectivity index (χ0n) is 9.49. The van der Waals surface area contributed by atoms with E-state index in [1.165, 1.54) is 0 Å². The molecule has 1 aromatic rings. The van der Waals surface area contributed by atoms with Gasteiger partial charge in [0.05, 0.1) is 13.2 Å². The van der Waals surface area contributed by atoms with Crippen molar-refractivity contribution in [1.82, 2.24) is 5.32 Å². The second kappa shape index (κ2) is 6.98. The van der Waals surface area contributed by atoms with Crippen molar-refractivity contribution >= 4 is 11.6 Å². The Labute approximate surface area is 95.7 Å². The number of anilines is 1. The van der Waals surface area contributed by atoms with E-state index in [0.717, 1.165) is 17.7 Å². The van der Waals surface area contributed by atoms with Crippen molar-refractivity contribution in [2.45, 2.75) is 13.3 Å². The van der Waals surface area contributed by atoms with E-state index in [-0.39, 0.29) is 19.1 Å². The normalized spacial score (nSPS) is 10.1. The van der Waals surface area contributed by atoms with E-state index in [0.29, 0.717) is 6.54 Å². The number of nitrogens with one attached hydrogen (secondary N) is 2. The lowest BCUT2D eigenvalue weighted by atomic mass is 10.1. The Morgan fingerprint density at radius 2 is 2.12 bits per heavy atom. The lowest BCUT2D eigenvalue weighted by Crippen LogP contribution is -2.30. The quantitative estimate of drug-likeness (QED) is 0.623. The summed E-state index contributed by atoms with van der Waals surface area (Å²) in [6, 6.07) is 7.74. The number of aryl methyl sites for hydroxylation is 1. The molecule has 1 rings (SSSR count). The van der Waals surface area contributed by atoms with Crippen LogP contribution in [0.5, 0.6) is 0 Å². The van der Waals surface area contributed by atoms with Gasteiger partial charge in [0.25, 0.3) is 0 Å². The molecule has 0 saturated carbocycles. The van der Waals surface area contributed by atoms with Gasteiger partial charge in [-0.2, -0.15) is 0 Å². The molecule has 3 N–H and O–H groups in total. The minimum Gasteiger partial charge on any atom is -0.395 e. The van der Waals surface area contributed by atoms with E-state index in [4.69, 9.17) is 5.11 Å². The minimum absolute atomic E-state index is 0.0405. The summed E-state index contributed by atoms with van der Waals surface area (Å²) >= 11 is 0. The number of carbonyl (C=O) groups excluding carboxylic acids is 1. The van der Waals surface area contributed by atoms with Crippen molar-refractivity contribution in [1.29, 1.82) is 0 Å². The molecule has 0 fully saturated rings. The molecule has 4 nitrogen and oxygen atoms in total. The summed E-state index contributed by atoms with van der Waals surface area (Å²) in [6.45, 7) is 2.75. The van der Waals surface area contributed by atoms with Crippen LogP contribution in [0.1, 0.15) is 12.5 Å². The Balaban J connectivity index is 2.49. The largest absolute Gasteiger partial charge is 0.395 e. The highest BCUT2D eigenvalue weighted by Crippen LogP contribution is 2.14. The Morgan fingerprint density at radius 3 is 2.81 bits per heavy atom. The summed E-state index contributed by atoms with van der Waals surface area (Å²) < 4.78 is 0. The van der Waals surface area contributed by atoms with Gasteiger partial charge >= 0.3 is 0 Å². The van der Waals surface area contributed by atoms with Gasteiger partial charge in [0, 0.05) is 12.2 Å². The van der Waals surface area contributed by atoms with Gasteiger partial charge in [0.1, 0.15) is 0 Å². The Bertz CT molecular complexity index is 340. The Kier molecular flexibility index (Phi) is 5.53. The van der Waals surface area contributed by atoms with Crippen molar-refractivity contribution in [3.05, 3.63) is 29.8 Å². The number of hydrogen-bond acceptors (Lipinski definition) is 3. The standard InChI is InChI=1S/C12H18N2O2/c1-2-10-5-3-4-6-11(10)14-12(16)9-13-7-8-15/h3-6,13,15H,2,7-9H2,1H3,(H,14,16). The van der Waals surface area contributed by atoms with E-state index in [2.05, 4.69) is 17.6 Å². The maximum Gasteiger partial charge on any atom is 0.238 e. The van der Waals surface area contributed by atoms with Gasteiger partial charge in [0.15, 0.2) is 0 Å². The van der Waals surface area contributed by atoms with Crippen molar-refractivity contribution in [2.75, 3.05) is 25.0 Å². The zero-order valence-corrected chi connectivity index (χ0v) is 9.49. The topological polar surface area (TPSA) is 61.4 Å². The van der Waals surface area contributed by atoms with Gasteiger partial charge in [-0.1, -0.05) is 25.1 Å². The van der Waals surface area contributed by atoms with Crippen LogP contribution in [0.15, 0.2) is 24.3 Å². The molecule has 88 valence electrons. The van der Waals surface area contributed by atoms with Gasteiger partial charge in [-0.3, -0.25) is 4.79 Å². The third-order valence-corrected chi connectivity index (χ3v) is 2.25. The number of hydrogen-bond donors (Lipinski definition) is 3. The second-order valence-electron chi connectivity index (χ2n) is 3.46. The molecule has 1 amide bonds. The number of aliphatic hydroxyl groups excluding tert-OH is 1. The minimum atomic E-state index is -0.0886. The molecule has 0 radical (unpaired) electrons. The van der Waals surface area contributed by atoms with Crippen molar-refractivity contribution in [2.24, 2.45) is 0 Å². The summed E-state index contributed by atoms with van der Waals surface area (Å²) in [5.41, 5.74) is 1.99. The predicted octanol–water partition coefficient (Wildman–Crippen LogP) is 0.769. The summed E-state index contributed by atoms with van der Waals surface area (Å²) in [5, 5.41) is 14.2. The molecule has 0 aliphatic rings. The van der Waals surface area contributed by atoms with Crippen molar-refractivity contribution < 1.29 is 9.90 Å². The van der Waals surface area contributed by atoms with Gasteiger partial charge < -0.3 is 15.7 Å². The van der Waals surface area contributed by atoms with Crippen LogP contribution in [-0.4, -0.2) is 30.7 Å². The number of benzene rings is 1. The van der Waals surface area contributed by atoms with Crippen LogP contribution < -0.4 is 10.6 Å². The van der Waals surface area contributed by atoms with Gasteiger partial charge in [-0.15, -0.1) is 0 Å². The van der Waals surface area contributed by atoms with E-state index < -0.39 is 0 Å². The average molecular weight is 222 g/mol. The summed E-state index contributed by atoms with van der Waals surface area (Å²) in [6.07, 6.45) is 0.889. The number of carbonyl (C=O) groups is 1. The fourth-order valence-corrected chi connectivity index (χ4v) is 1.43. The molecule has 0 saturated heterocycles. The molecular weight excluding hydrogens is 204 g/mol. The monoisotopic (exact) mass is 222 g/mol. The van der Waals surface area contributed by atoms with Crippen LogP contribution in [0, 0.1) is 0 Å². The maximum absolute atomic E-state index is 11.5. The van der Waals surface area contributed by atoms with Gasteiger partial charge in [-0.25, -0.2) is 0 Å². The zero-order chi connectivity index (χ0) is 11.8. The molecule has 4 heteroatoms. The molecule has 0 aliphatic heterocycles. The van der Waals surface area contributed by atoms with Crippen LogP contribution in [0.4, 0.5) is 5.69 Å². The predicted molar refractivity (Wildman–Crippen MR) is 64.4 cm³/mol. The van der Waals surface area contributed by atoms with E-state index in [1.807, 2.05) is 24.3 Å². The first-order valence-electron chi connectivity index (χ1n) is 5.47. The smallest absolute Gasteiger partial charge is 0.238 e. The SMILES string of the molecule is CCc1ccccc1NC(=O)CNCCO. The first-order chi connectivity index (χ1) is 7.77.